The molecule has 0 fully saturated rings. The SMILES string of the molecule is CCNS(=O)(=O)c1ccccc1-c1ccc(CN2C(=O)[C@H](NC(=O)CC(C)(C)NC[C@H](O)CO)CCc3cc(SC)ccc32)cc1. The van der Waals surface area contributed by atoms with Crippen molar-refractivity contribution in [1.29, 1.82) is 0 Å². The molecule has 1 aliphatic rings. The van der Waals surface area contributed by atoms with Crippen LogP contribution in [0.15, 0.2) is 76.5 Å². The maximum Gasteiger partial charge on any atom is 0.249 e. The molecule has 5 N–H and O–H groups in total. The number of hydrogen-bond donors (Lipinski definition) is 5. The van der Waals surface area contributed by atoms with Gasteiger partial charge in [0.25, 0.3) is 0 Å². The number of aliphatic hydroxyl groups excluding tert-OH is 2. The van der Waals surface area contributed by atoms with Crippen LogP contribution in [0.5, 0.6) is 0 Å². The van der Waals surface area contributed by atoms with Gasteiger partial charge in [-0.1, -0.05) is 49.4 Å². The Bertz CT molecular complexity index is 1630. The van der Waals surface area contributed by atoms with E-state index in [1.807, 2.05) is 56.5 Å². The van der Waals surface area contributed by atoms with Gasteiger partial charge >= 0.3 is 0 Å². The van der Waals surface area contributed by atoms with Crippen molar-refractivity contribution in [2.45, 2.75) is 74.1 Å². The molecule has 0 saturated heterocycles. The molecule has 1 heterocycles. The summed E-state index contributed by atoms with van der Waals surface area (Å²) in [6.07, 6.45) is 2.20. The number of hydrogen-bond acceptors (Lipinski definition) is 8. The van der Waals surface area contributed by atoms with E-state index in [-0.39, 0.29) is 49.4 Å². The molecule has 0 unspecified atom stereocenters. The van der Waals surface area contributed by atoms with Gasteiger partial charge < -0.3 is 25.7 Å². The van der Waals surface area contributed by atoms with Gasteiger partial charge in [0.15, 0.2) is 0 Å². The maximum atomic E-state index is 14.1. The molecule has 3 aromatic rings. The van der Waals surface area contributed by atoms with Crippen LogP contribution >= 0.6 is 11.8 Å². The molecule has 4 rings (SSSR count). The summed E-state index contributed by atoms with van der Waals surface area (Å²) in [4.78, 5) is 30.3. The third-order valence-electron chi connectivity index (χ3n) is 7.93. The molecular weight excluding hydrogens is 625 g/mol. The number of amides is 2. The predicted octanol–water partition coefficient (Wildman–Crippen LogP) is 3.45. The number of aliphatic hydroxyl groups is 2. The van der Waals surface area contributed by atoms with E-state index >= 15 is 0 Å². The Morgan fingerprint density at radius 1 is 1.11 bits per heavy atom. The van der Waals surface area contributed by atoms with Gasteiger partial charge in [0.05, 0.1) is 24.2 Å². The van der Waals surface area contributed by atoms with Crippen LogP contribution in [0.1, 0.15) is 44.7 Å². The summed E-state index contributed by atoms with van der Waals surface area (Å²) in [6.45, 7) is 5.70. The summed E-state index contributed by atoms with van der Waals surface area (Å²) in [5, 5.41) is 24.9. The molecule has 10 nitrogen and oxygen atoms in total. The van der Waals surface area contributed by atoms with Gasteiger partial charge in [0.1, 0.15) is 6.04 Å². The third kappa shape index (κ3) is 8.96. The van der Waals surface area contributed by atoms with E-state index in [0.717, 1.165) is 27.3 Å². The number of thioether (sulfide) groups is 1. The zero-order valence-electron chi connectivity index (χ0n) is 26.7. The molecule has 46 heavy (non-hydrogen) atoms. The van der Waals surface area contributed by atoms with Crippen LogP contribution in [-0.4, -0.2) is 74.1 Å². The summed E-state index contributed by atoms with van der Waals surface area (Å²) < 4.78 is 28.2. The highest BCUT2D eigenvalue weighted by Gasteiger charge is 2.33. The molecule has 3 aromatic carbocycles. The van der Waals surface area contributed by atoms with Crippen LogP contribution in [0, 0.1) is 0 Å². The summed E-state index contributed by atoms with van der Waals surface area (Å²) in [5.74, 6) is -0.503. The van der Waals surface area contributed by atoms with Gasteiger partial charge in [0.2, 0.25) is 21.8 Å². The van der Waals surface area contributed by atoms with E-state index in [1.54, 1.807) is 47.9 Å². The van der Waals surface area contributed by atoms with Crippen molar-refractivity contribution >= 4 is 39.3 Å². The Morgan fingerprint density at radius 2 is 1.83 bits per heavy atom. The van der Waals surface area contributed by atoms with Crippen molar-refractivity contribution < 1.29 is 28.2 Å². The molecule has 0 bridgehead atoms. The minimum atomic E-state index is -3.67. The van der Waals surface area contributed by atoms with Gasteiger partial charge in [-0.3, -0.25) is 9.59 Å². The average Bonchev–Trinajstić information content (AvgIpc) is 3.15. The zero-order chi connectivity index (χ0) is 33.5. The topological polar surface area (TPSA) is 148 Å². The number of fused-ring (bicyclic) bond motifs is 1. The highest BCUT2D eigenvalue weighted by molar-refractivity contribution is 7.98. The summed E-state index contributed by atoms with van der Waals surface area (Å²) in [6, 6.07) is 19.7. The smallest absolute Gasteiger partial charge is 0.249 e. The Hall–Kier alpha value is -3.26. The lowest BCUT2D eigenvalue weighted by Crippen LogP contribution is -2.51. The molecule has 0 radical (unpaired) electrons. The largest absolute Gasteiger partial charge is 0.394 e. The van der Waals surface area contributed by atoms with Crippen molar-refractivity contribution in [1.82, 2.24) is 15.4 Å². The third-order valence-corrected chi connectivity index (χ3v) is 10.3. The summed E-state index contributed by atoms with van der Waals surface area (Å²) in [5.41, 5.74) is 3.32. The summed E-state index contributed by atoms with van der Waals surface area (Å²) >= 11 is 1.62. The van der Waals surface area contributed by atoms with Gasteiger partial charge in [-0.15, -0.1) is 11.8 Å². The number of benzene rings is 3. The molecule has 12 heteroatoms. The van der Waals surface area contributed by atoms with E-state index in [4.69, 9.17) is 5.11 Å². The van der Waals surface area contributed by atoms with Crippen LogP contribution in [-0.2, 0) is 32.6 Å². The molecule has 2 atom stereocenters. The first kappa shape index (κ1) is 35.6. The fourth-order valence-electron chi connectivity index (χ4n) is 5.53. The number of rotatable bonds is 14. The van der Waals surface area contributed by atoms with Crippen molar-refractivity contribution in [2.24, 2.45) is 0 Å². The first-order valence-electron chi connectivity index (χ1n) is 15.4. The summed E-state index contributed by atoms with van der Waals surface area (Å²) in [7, 11) is -3.67. The van der Waals surface area contributed by atoms with E-state index < -0.39 is 27.7 Å². The van der Waals surface area contributed by atoms with Crippen LogP contribution in [0.2, 0.25) is 0 Å². The Labute approximate surface area is 276 Å². The maximum absolute atomic E-state index is 14.1. The Kier molecular flexibility index (Phi) is 12.0. The fraction of sp³-hybridized carbons (Fsp3) is 0.412. The number of carbonyl (C=O) groups is 2. The number of β-amino-alcohol motifs (C(OH)–C–C–N with tert-alkyl or cyclic N) is 1. The second-order valence-corrected chi connectivity index (χ2v) is 14.7. The van der Waals surface area contributed by atoms with E-state index in [1.165, 1.54) is 0 Å². The number of sulfonamides is 1. The molecule has 248 valence electrons. The number of nitrogens with zero attached hydrogens (tertiary/aromatic N) is 1. The lowest BCUT2D eigenvalue weighted by atomic mass is 9.99. The van der Waals surface area contributed by atoms with Crippen molar-refractivity contribution in [3.05, 3.63) is 77.9 Å². The Morgan fingerprint density at radius 3 is 2.50 bits per heavy atom. The molecule has 2 amide bonds. The second kappa shape index (κ2) is 15.6. The van der Waals surface area contributed by atoms with Gasteiger partial charge in [0, 0.05) is 41.2 Å². The van der Waals surface area contributed by atoms with Crippen LogP contribution < -0.4 is 20.3 Å². The quantitative estimate of drug-likeness (QED) is 0.164. The highest BCUT2D eigenvalue weighted by atomic mass is 32.2. The normalized spacial score (nSPS) is 16.1. The average molecular weight is 669 g/mol. The Balaban J connectivity index is 1.58. The van der Waals surface area contributed by atoms with Gasteiger partial charge in [-0.05, 0) is 73.9 Å². The van der Waals surface area contributed by atoms with E-state index in [2.05, 4.69) is 21.4 Å². The number of carbonyl (C=O) groups excluding carboxylic acids is 2. The van der Waals surface area contributed by atoms with Crippen LogP contribution in [0.4, 0.5) is 5.69 Å². The standard InChI is InChI=1S/C34H44N4O6S2/c1-5-36-46(43,44)31-9-7-6-8-28(31)24-12-10-23(11-13-24)21-38-30-17-15-27(45-4)18-25(30)14-16-29(33(38)42)37-32(41)19-34(2,3)35-20-26(40)22-39/h6-13,15,17-18,26,29,35-36,39-40H,5,14,16,19-22H2,1-4H3,(H,37,41)/t26-,29+/m0/s1. The molecule has 0 aliphatic carbocycles. The number of aryl methyl sites for hydroxylation is 1. The molecule has 0 aromatic heterocycles. The minimum absolute atomic E-state index is 0.0743. The van der Waals surface area contributed by atoms with Crippen molar-refractivity contribution in [2.75, 3.05) is 30.9 Å². The zero-order valence-corrected chi connectivity index (χ0v) is 28.4. The van der Waals surface area contributed by atoms with Gasteiger partial charge in [-0.25, -0.2) is 13.1 Å². The minimum Gasteiger partial charge on any atom is -0.394 e. The van der Waals surface area contributed by atoms with Crippen LogP contribution in [0.25, 0.3) is 11.1 Å². The second-order valence-electron chi connectivity index (χ2n) is 12.1. The van der Waals surface area contributed by atoms with Crippen molar-refractivity contribution in [3.8, 4) is 11.1 Å². The first-order valence-corrected chi connectivity index (χ1v) is 18.1. The molecule has 0 saturated carbocycles. The first-order chi connectivity index (χ1) is 21.9. The van der Waals surface area contributed by atoms with E-state index in [9.17, 15) is 23.1 Å². The van der Waals surface area contributed by atoms with Gasteiger partial charge in [-0.2, -0.15) is 0 Å². The van der Waals surface area contributed by atoms with Crippen LogP contribution in [0.3, 0.4) is 0 Å². The lowest BCUT2D eigenvalue weighted by Gasteiger charge is -2.29. The number of nitrogens with one attached hydrogen (secondary N) is 3. The fourth-order valence-corrected chi connectivity index (χ4v) is 7.26. The number of anilines is 1. The molecular formula is C34H44N4O6S2. The predicted molar refractivity (Wildman–Crippen MR) is 182 cm³/mol. The molecule has 0 spiro atoms. The monoisotopic (exact) mass is 668 g/mol. The lowest BCUT2D eigenvalue weighted by molar-refractivity contribution is -0.128. The van der Waals surface area contributed by atoms with Crippen molar-refractivity contribution in [3.63, 3.8) is 0 Å². The highest BCUT2D eigenvalue weighted by Crippen LogP contribution is 2.33. The molecule has 1 aliphatic heterocycles. The van der Waals surface area contributed by atoms with E-state index in [0.29, 0.717) is 18.4 Å².